The van der Waals surface area contributed by atoms with Gasteiger partial charge in [-0.1, -0.05) is 6.07 Å². The number of aliphatic hydroxyl groups is 1. The Morgan fingerprint density at radius 2 is 2.07 bits per heavy atom. The Kier molecular flexibility index (Phi) is 2.78. The van der Waals surface area contributed by atoms with Crippen LogP contribution in [0.5, 0.6) is 0 Å². The Morgan fingerprint density at radius 1 is 1.27 bits per heavy atom. The van der Waals surface area contributed by atoms with Crippen LogP contribution in [0.4, 0.5) is 0 Å². The van der Waals surface area contributed by atoms with E-state index in [-0.39, 0.29) is 6.61 Å². The van der Waals surface area contributed by atoms with Crippen LogP contribution < -0.4 is 0 Å². The van der Waals surface area contributed by atoms with E-state index in [2.05, 4.69) is 48.9 Å². The van der Waals surface area contributed by atoms with Crippen LogP contribution in [0.25, 0.3) is 10.9 Å². The average Bonchev–Trinajstić information content (AvgIpc) is 2.61. The Hall–Kier alpha value is -1.28. The van der Waals surface area contributed by atoms with Gasteiger partial charge in [-0.15, -0.1) is 0 Å². The summed E-state index contributed by atoms with van der Waals surface area (Å²) in [7, 11) is 0. The van der Waals surface area contributed by atoms with Crippen molar-refractivity contribution >= 4 is 10.9 Å². The summed E-state index contributed by atoms with van der Waals surface area (Å²) in [5.41, 5.74) is 2.47. The number of aromatic nitrogens is 1. The molecule has 1 N–H and O–H groups in total. The van der Waals surface area contributed by atoms with Gasteiger partial charge in [0, 0.05) is 24.4 Å². The highest BCUT2D eigenvalue weighted by Gasteiger charge is 2.04. The molecule has 0 saturated carbocycles. The maximum Gasteiger partial charge on any atom is 0.0482 e. The smallest absolute Gasteiger partial charge is 0.0482 e. The van der Waals surface area contributed by atoms with E-state index in [1.54, 1.807) is 0 Å². The fourth-order valence-electron chi connectivity index (χ4n) is 1.95. The van der Waals surface area contributed by atoms with Crippen molar-refractivity contribution in [3.63, 3.8) is 0 Å². The van der Waals surface area contributed by atoms with E-state index >= 15 is 0 Å². The van der Waals surface area contributed by atoms with Crippen LogP contribution in [-0.2, 0) is 6.42 Å². The standard InChI is InChI=1S/C13H17NO/c1-10(2)14-7-5-12-9-11(6-8-15)3-4-13(12)14/h3-5,7,9-10,15H,6,8H2,1-2H3. The first-order valence-corrected chi connectivity index (χ1v) is 5.42. The molecule has 0 aliphatic heterocycles. The Labute approximate surface area is 90.2 Å². The molecular formula is C13H17NO. The number of aliphatic hydroxyl groups excluding tert-OH is 1. The molecule has 2 aromatic rings. The molecule has 2 rings (SSSR count). The molecule has 0 saturated heterocycles. The second-order valence-corrected chi connectivity index (χ2v) is 4.18. The van der Waals surface area contributed by atoms with Gasteiger partial charge in [-0.2, -0.15) is 0 Å². The van der Waals surface area contributed by atoms with E-state index in [4.69, 9.17) is 5.11 Å². The molecule has 0 bridgehead atoms. The zero-order valence-corrected chi connectivity index (χ0v) is 9.27. The molecular weight excluding hydrogens is 186 g/mol. The van der Waals surface area contributed by atoms with Crippen molar-refractivity contribution in [3.8, 4) is 0 Å². The van der Waals surface area contributed by atoms with E-state index in [0.29, 0.717) is 6.04 Å². The third kappa shape index (κ3) is 1.90. The summed E-state index contributed by atoms with van der Waals surface area (Å²) in [6, 6.07) is 9.02. The van der Waals surface area contributed by atoms with Crippen LogP contribution in [0.2, 0.25) is 0 Å². The van der Waals surface area contributed by atoms with Crippen LogP contribution in [-0.4, -0.2) is 16.3 Å². The first-order chi connectivity index (χ1) is 7.22. The van der Waals surface area contributed by atoms with Gasteiger partial charge in [0.2, 0.25) is 0 Å². The molecule has 0 atom stereocenters. The van der Waals surface area contributed by atoms with Crippen LogP contribution in [0, 0.1) is 0 Å². The van der Waals surface area contributed by atoms with Crippen molar-refractivity contribution in [1.29, 1.82) is 0 Å². The van der Waals surface area contributed by atoms with Crippen molar-refractivity contribution in [1.82, 2.24) is 4.57 Å². The molecule has 1 heterocycles. The number of hydrogen-bond acceptors (Lipinski definition) is 1. The Balaban J connectivity index is 2.47. The second kappa shape index (κ2) is 4.07. The summed E-state index contributed by atoms with van der Waals surface area (Å²) >= 11 is 0. The van der Waals surface area contributed by atoms with Crippen molar-refractivity contribution < 1.29 is 5.11 Å². The van der Waals surface area contributed by atoms with Gasteiger partial charge in [0.05, 0.1) is 0 Å². The first kappa shape index (κ1) is 10.2. The molecule has 15 heavy (non-hydrogen) atoms. The Morgan fingerprint density at radius 3 is 2.73 bits per heavy atom. The lowest BCUT2D eigenvalue weighted by molar-refractivity contribution is 0.299. The number of fused-ring (bicyclic) bond motifs is 1. The predicted molar refractivity (Wildman–Crippen MR) is 63.1 cm³/mol. The number of nitrogens with zero attached hydrogens (tertiary/aromatic N) is 1. The molecule has 80 valence electrons. The molecule has 0 fully saturated rings. The van der Waals surface area contributed by atoms with Crippen molar-refractivity contribution in [3.05, 3.63) is 36.0 Å². The topological polar surface area (TPSA) is 25.2 Å². The van der Waals surface area contributed by atoms with Crippen molar-refractivity contribution in [2.45, 2.75) is 26.3 Å². The average molecular weight is 203 g/mol. The third-order valence-electron chi connectivity index (χ3n) is 2.74. The van der Waals surface area contributed by atoms with Gasteiger partial charge in [0.25, 0.3) is 0 Å². The molecule has 1 aromatic heterocycles. The van der Waals surface area contributed by atoms with Gasteiger partial charge < -0.3 is 9.67 Å². The molecule has 0 aliphatic carbocycles. The second-order valence-electron chi connectivity index (χ2n) is 4.18. The summed E-state index contributed by atoms with van der Waals surface area (Å²) in [5.74, 6) is 0. The number of benzene rings is 1. The quantitative estimate of drug-likeness (QED) is 0.815. The van der Waals surface area contributed by atoms with Crippen LogP contribution in [0.15, 0.2) is 30.5 Å². The van der Waals surface area contributed by atoms with Gasteiger partial charge in [0.15, 0.2) is 0 Å². The van der Waals surface area contributed by atoms with Crippen molar-refractivity contribution in [2.24, 2.45) is 0 Å². The molecule has 0 radical (unpaired) electrons. The van der Waals surface area contributed by atoms with E-state index in [0.717, 1.165) is 6.42 Å². The van der Waals surface area contributed by atoms with Crippen LogP contribution in [0.1, 0.15) is 25.5 Å². The van der Waals surface area contributed by atoms with Crippen LogP contribution in [0.3, 0.4) is 0 Å². The lowest BCUT2D eigenvalue weighted by atomic mass is 10.1. The third-order valence-corrected chi connectivity index (χ3v) is 2.74. The van der Waals surface area contributed by atoms with E-state index in [1.165, 1.54) is 16.5 Å². The predicted octanol–water partition coefficient (Wildman–Crippen LogP) is 2.76. The largest absolute Gasteiger partial charge is 0.396 e. The normalized spacial score (nSPS) is 11.5. The van der Waals surface area contributed by atoms with Crippen LogP contribution >= 0.6 is 0 Å². The number of rotatable bonds is 3. The lowest BCUT2D eigenvalue weighted by Gasteiger charge is -2.09. The zero-order valence-electron chi connectivity index (χ0n) is 9.27. The van der Waals surface area contributed by atoms with E-state index in [1.807, 2.05) is 0 Å². The van der Waals surface area contributed by atoms with Gasteiger partial charge in [0.1, 0.15) is 0 Å². The minimum absolute atomic E-state index is 0.219. The SMILES string of the molecule is CC(C)n1ccc2cc(CCO)ccc21. The summed E-state index contributed by atoms with van der Waals surface area (Å²) in [5, 5.41) is 10.1. The van der Waals surface area contributed by atoms with E-state index in [9.17, 15) is 0 Å². The summed E-state index contributed by atoms with van der Waals surface area (Å²) in [6.45, 7) is 4.58. The lowest BCUT2D eigenvalue weighted by Crippen LogP contribution is -1.98. The fraction of sp³-hybridized carbons (Fsp3) is 0.385. The summed E-state index contributed by atoms with van der Waals surface area (Å²) in [4.78, 5) is 0. The van der Waals surface area contributed by atoms with Gasteiger partial charge in [-0.25, -0.2) is 0 Å². The fourth-order valence-corrected chi connectivity index (χ4v) is 1.95. The maximum atomic E-state index is 8.88. The van der Waals surface area contributed by atoms with Gasteiger partial charge in [-0.05, 0) is 49.4 Å². The highest BCUT2D eigenvalue weighted by molar-refractivity contribution is 5.81. The first-order valence-electron chi connectivity index (χ1n) is 5.42. The maximum absolute atomic E-state index is 8.88. The van der Waals surface area contributed by atoms with Crippen molar-refractivity contribution in [2.75, 3.05) is 6.61 Å². The molecule has 1 aromatic carbocycles. The Bertz CT molecular complexity index is 457. The number of hydrogen-bond donors (Lipinski definition) is 1. The minimum Gasteiger partial charge on any atom is -0.396 e. The molecule has 0 amide bonds. The molecule has 0 spiro atoms. The van der Waals surface area contributed by atoms with Gasteiger partial charge >= 0.3 is 0 Å². The summed E-state index contributed by atoms with van der Waals surface area (Å²) in [6.07, 6.45) is 2.86. The minimum atomic E-state index is 0.219. The highest BCUT2D eigenvalue weighted by atomic mass is 16.2. The van der Waals surface area contributed by atoms with Gasteiger partial charge in [-0.3, -0.25) is 0 Å². The molecule has 0 aliphatic rings. The summed E-state index contributed by atoms with van der Waals surface area (Å²) < 4.78 is 2.26. The molecule has 2 nitrogen and oxygen atoms in total. The van der Waals surface area contributed by atoms with E-state index < -0.39 is 0 Å². The molecule has 0 unspecified atom stereocenters. The zero-order chi connectivity index (χ0) is 10.8. The monoisotopic (exact) mass is 203 g/mol. The molecule has 2 heteroatoms. The highest BCUT2D eigenvalue weighted by Crippen LogP contribution is 2.21.